The predicted octanol–water partition coefficient (Wildman–Crippen LogP) is 2.31. The van der Waals surface area contributed by atoms with E-state index < -0.39 is 0 Å². The van der Waals surface area contributed by atoms with E-state index in [-0.39, 0.29) is 11.9 Å². The standard InChI is InChI=1S/C16H22ClN3O/c1-11(21)19-13-7-8-20(10-13)16-4-2-3-15(17)14(16)9-18-12-5-6-12/h2-4,12-13,18H,5-10H2,1H3,(H,19,21). The number of nitrogens with zero attached hydrogens (tertiary/aromatic N) is 1. The third kappa shape index (κ3) is 3.69. The van der Waals surface area contributed by atoms with Gasteiger partial charge in [0.15, 0.2) is 0 Å². The molecule has 1 aromatic rings. The van der Waals surface area contributed by atoms with Crippen molar-refractivity contribution in [3.8, 4) is 0 Å². The van der Waals surface area contributed by atoms with Crippen LogP contribution in [-0.4, -0.2) is 31.1 Å². The number of benzene rings is 1. The van der Waals surface area contributed by atoms with Crippen molar-refractivity contribution in [2.45, 2.75) is 44.8 Å². The minimum atomic E-state index is 0.0450. The molecule has 1 saturated heterocycles. The van der Waals surface area contributed by atoms with Crippen molar-refractivity contribution in [1.29, 1.82) is 0 Å². The van der Waals surface area contributed by atoms with Gasteiger partial charge in [-0.1, -0.05) is 17.7 Å². The molecular formula is C16H22ClN3O. The van der Waals surface area contributed by atoms with Crippen molar-refractivity contribution in [3.05, 3.63) is 28.8 Å². The van der Waals surface area contributed by atoms with Gasteiger partial charge in [0, 0.05) is 54.9 Å². The SMILES string of the molecule is CC(=O)NC1CCN(c2cccc(Cl)c2CNC2CC2)C1. The number of halogens is 1. The van der Waals surface area contributed by atoms with Crippen LogP contribution in [0.1, 0.15) is 31.7 Å². The number of carbonyl (C=O) groups excluding carboxylic acids is 1. The van der Waals surface area contributed by atoms with E-state index in [0.717, 1.165) is 31.1 Å². The van der Waals surface area contributed by atoms with Gasteiger partial charge in [-0.3, -0.25) is 4.79 Å². The first-order valence-electron chi connectivity index (χ1n) is 7.66. The second-order valence-electron chi connectivity index (χ2n) is 6.02. The molecule has 1 saturated carbocycles. The summed E-state index contributed by atoms with van der Waals surface area (Å²) in [4.78, 5) is 13.5. The molecular weight excluding hydrogens is 286 g/mol. The van der Waals surface area contributed by atoms with Crippen molar-refractivity contribution in [1.82, 2.24) is 10.6 Å². The molecule has 1 aromatic carbocycles. The highest BCUT2D eigenvalue weighted by molar-refractivity contribution is 6.31. The van der Waals surface area contributed by atoms with Crippen LogP contribution in [0.5, 0.6) is 0 Å². The smallest absolute Gasteiger partial charge is 0.217 e. The lowest BCUT2D eigenvalue weighted by atomic mass is 10.1. The Morgan fingerprint density at radius 2 is 2.14 bits per heavy atom. The second kappa shape index (κ2) is 6.24. The lowest BCUT2D eigenvalue weighted by molar-refractivity contribution is -0.119. The van der Waals surface area contributed by atoms with E-state index in [9.17, 15) is 4.79 Å². The number of amides is 1. The van der Waals surface area contributed by atoms with Gasteiger partial charge in [0.25, 0.3) is 0 Å². The fourth-order valence-corrected chi connectivity index (χ4v) is 3.17. The van der Waals surface area contributed by atoms with Crippen LogP contribution in [0.25, 0.3) is 0 Å². The molecule has 1 heterocycles. The summed E-state index contributed by atoms with van der Waals surface area (Å²) >= 11 is 6.40. The van der Waals surface area contributed by atoms with Crippen LogP contribution in [0.3, 0.4) is 0 Å². The zero-order valence-electron chi connectivity index (χ0n) is 12.4. The molecule has 4 nitrogen and oxygen atoms in total. The fourth-order valence-electron chi connectivity index (χ4n) is 2.94. The van der Waals surface area contributed by atoms with Crippen LogP contribution in [0.4, 0.5) is 5.69 Å². The number of rotatable bonds is 5. The number of nitrogens with one attached hydrogen (secondary N) is 2. The van der Waals surface area contributed by atoms with E-state index in [2.05, 4.69) is 21.6 Å². The van der Waals surface area contributed by atoms with Crippen LogP contribution in [0.2, 0.25) is 5.02 Å². The molecule has 0 aromatic heterocycles. The van der Waals surface area contributed by atoms with Gasteiger partial charge in [-0.2, -0.15) is 0 Å². The van der Waals surface area contributed by atoms with Gasteiger partial charge in [-0.15, -0.1) is 0 Å². The maximum Gasteiger partial charge on any atom is 0.217 e. The summed E-state index contributed by atoms with van der Waals surface area (Å²) in [6.45, 7) is 4.21. The summed E-state index contributed by atoms with van der Waals surface area (Å²) in [5, 5.41) is 7.37. The average molecular weight is 308 g/mol. The molecule has 1 aliphatic carbocycles. The van der Waals surface area contributed by atoms with Crippen LogP contribution in [-0.2, 0) is 11.3 Å². The van der Waals surface area contributed by atoms with Crippen molar-refractivity contribution in [2.24, 2.45) is 0 Å². The summed E-state index contributed by atoms with van der Waals surface area (Å²) in [5.74, 6) is 0.0450. The Hall–Kier alpha value is -1.26. The topological polar surface area (TPSA) is 44.4 Å². The highest BCUT2D eigenvalue weighted by Crippen LogP contribution is 2.31. The zero-order valence-corrected chi connectivity index (χ0v) is 13.1. The Kier molecular flexibility index (Phi) is 4.36. The molecule has 1 amide bonds. The summed E-state index contributed by atoms with van der Waals surface area (Å²) in [5.41, 5.74) is 2.37. The second-order valence-corrected chi connectivity index (χ2v) is 6.43. The summed E-state index contributed by atoms with van der Waals surface area (Å²) in [6.07, 6.45) is 3.53. The van der Waals surface area contributed by atoms with Crippen molar-refractivity contribution in [3.63, 3.8) is 0 Å². The van der Waals surface area contributed by atoms with Crippen LogP contribution < -0.4 is 15.5 Å². The summed E-state index contributed by atoms with van der Waals surface area (Å²) < 4.78 is 0. The van der Waals surface area contributed by atoms with Gasteiger partial charge >= 0.3 is 0 Å². The van der Waals surface area contributed by atoms with Crippen LogP contribution >= 0.6 is 11.6 Å². The van der Waals surface area contributed by atoms with Gasteiger partial charge in [-0.05, 0) is 31.4 Å². The minimum Gasteiger partial charge on any atom is -0.369 e. The monoisotopic (exact) mass is 307 g/mol. The molecule has 5 heteroatoms. The van der Waals surface area contributed by atoms with Gasteiger partial charge < -0.3 is 15.5 Å². The van der Waals surface area contributed by atoms with E-state index >= 15 is 0 Å². The highest BCUT2D eigenvalue weighted by Gasteiger charge is 2.26. The molecule has 2 fully saturated rings. The number of carbonyl (C=O) groups is 1. The predicted molar refractivity (Wildman–Crippen MR) is 85.7 cm³/mol. The largest absolute Gasteiger partial charge is 0.369 e. The molecule has 2 aliphatic rings. The molecule has 0 spiro atoms. The first-order chi connectivity index (χ1) is 10.1. The normalized spacial score (nSPS) is 21.6. The quantitative estimate of drug-likeness (QED) is 0.877. The van der Waals surface area contributed by atoms with Crippen LogP contribution in [0.15, 0.2) is 18.2 Å². The zero-order chi connectivity index (χ0) is 14.8. The lowest BCUT2D eigenvalue weighted by Gasteiger charge is -2.23. The minimum absolute atomic E-state index is 0.0450. The maximum atomic E-state index is 11.2. The Bertz CT molecular complexity index is 530. The first kappa shape index (κ1) is 14.7. The molecule has 1 unspecified atom stereocenters. The third-order valence-electron chi connectivity index (χ3n) is 4.18. The van der Waals surface area contributed by atoms with E-state index in [4.69, 9.17) is 11.6 Å². The number of hydrogen-bond acceptors (Lipinski definition) is 3. The van der Waals surface area contributed by atoms with Gasteiger partial charge in [0.05, 0.1) is 0 Å². The Labute approximate surface area is 130 Å². The van der Waals surface area contributed by atoms with Crippen molar-refractivity contribution >= 4 is 23.2 Å². The molecule has 1 atom stereocenters. The van der Waals surface area contributed by atoms with Gasteiger partial charge in [0.2, 0.25) is 5.91 Å². The van der Waals surface area contributed by atoms with Crippen LogP contribution in [0, 0.1) is 0 Å². The Morgan fingerprint density at radius 1 is 1.33 bits per heavy atom. The number of hydrogen-bond donors (Lipinski definition) is 2. The molecule has 3 rings (SSSR count). The molecule has 2 N–H and O–H groups in total. The molecule has 0 bridgehead atoms. The molecule has 21 heavy (non-hydrogen) atoms. The van der Waals surface area contributed by atoms with Gasteiger partial charge in [0.1, 0.15) is 0 Å². The van der Waals surface area contributed by atoms with Crippen molar-refractivity contribution < 1.29 is 4.79 Å². The van der Waals surface area contributed by atoms with E-state index in [0.29, 0.717) is 6.04 Å². The Morgan fingerprint density at radius 3 is 2.86 bits per heavy atom. The van der Waals surface area contributed by atoms with E-state index in [1.54, 1.807) is 6.92 Å². The fraction of sp³-hybridized carbons (Fsp3) is 0.562. The Balaban J connectivity index is 1.71. The van der Waals surface area contributed by atoms with Crippen molar-refractivity contribution in [2.75, 3.05) is 18.0 Å². The lowest BCUT2D eigenvalue weighted by Crippen LogP contribution is -2.35. The molecule has 114 valence electrons. The first-order valence-corrected chi connectivity index (χ1v) is 8.04. The summed E-state index contributed by atoms with van der Waals surface area (Å²) in [7, 11) is 0. The highest BCUT2D eigenvalue weighted by atomic mass is 35.5. The van der Waals surface area contributed by atoms with Gasteiger partial charge in [-0.25, -0.2) is 0 Å². The molecule has 1 aliphatic heterocycles. The molecule has 0 radical (unpaired) electrons. The maximum absolute atomic E-state index is 11.2. The average Bonchev–Trinajstić information content (AvgIpc) is 3.15. The number of anilines is 1. The van der Waals surface area contributed by atoms with E-state index in [1.165, 1.54) is 24.1 Å². The van der Waals surface area contributed by atoms with E-state index in [1.807, 2.05) is 12.1 Å². The summed E-state index contributed by atoms with van der Waals surface area (Å²) in [6, 6.07) is 7.00. The third-order valence-corrected chi connectivity index (χ3v) is 4.53.